The van der Waals surface area contributed by atoms with E-state index < -0.39 is 5.97 Å². The van der Waals surface area contributed by atoms with Gasteiger partial charge >= 0.3 is 5.97 Å². The van der Waals surface area contributed by atoms with E-state index in [0.717, 1.165) is 18.4 Å². The Balaban J connectivity index is 2.83. The largest absolute Gasteiger partial charge is 0.326 e. The first-order valence-electron chi connectivity index (χ1n) is 3.73. The van der Waals surface area contributed by atoms with Gasteiger partial charge in [-0.15, -0.1) is 0 Å². The van der Waals surface area contributed by atoms with Crippen LogP contribution in [0, 0.1) is 0 Å². The van der Waals surface area contributed by atoms with E-state index in [4.69, 9.17) is 25.8 Å². The smallest absolute Gasteiger partial charge is 0.322 e. The minimum atomic E-state index is -1.19. The Morgan fingerprint density at radius 2 is 1.58 bits per heavy atom. The Hall–Kier alpha value is -0.0900. The van der Waals surface area contributed by atoms with Gasteiger partial charge in [-0.2, -0.15) is 0 Å². The van der Waals surface area contributed by atoms with Crippen molar-refractivity contribution in [2.24, 2.45) is 0 Å². The summed E-state index contributed by atoms with van der Waals surface area (Å²) >= 11 is 6.01. The van der Waals surface area contributed by atoms with Gasteiger partial charge in [-0.25, -0.2) is 0 Å². The first-order chi connectivity index (χ1) is 5.70. The minimum Gasteiger partial charge on any atom is -0.326 e. The maximum Gasteiger partial charge on any atom is 0.322 e. The van der Waals surface area contributed by atoms with Gasteiger partial charge in [0.15, 0.2) is 0 Å². The van der Waals surface area contributed by atoms with E-state index in [9.17, 15) is 0 Å². The maximum absolute atomic E-state index is 6.01. The zero-order valence-electron chi connectivity index (χ0n) is 7.52. The van der Waals surface area contributed by atoms with Crippen molar-refractivity contribution >= 4 is 11.6 Å². The molecule has 0 bridgehead atoms. The van der Waals surface area contributed by atoms with E-state index in [1.54, 1.807) is 0 Å². The highest BCUT2D eigenvalue weighted by Gasteiger charge is 2.38. The van der Waals surface area contributed by atoms with Gasteiger partial charge in [-0.05, 0) is 18.4 Å². The molecule has 0 heterocycles. The average Bonchev–Trinajstić information content (AvgIpc) is 2.91. The third kappa shape index (κ3) is 1.64. The van der Waals surface area contributed by atoms with Crippen molar-refractivity contribution in [1.82, 2.24) is 0 Å². The molecular formula is C8H13ClO3. The van der Waals surface area contributed by atoms with Crippen LogP contribution in [0.1, 0.15) is 12.8 Å². The van der Waals surface area contributed by atoms with Gasteiger partial charge in [0, 0.05) is 21.3 Å². The summed E-state index contributed by atoms with van der Waals surface area (Å²) in [6, 6.07) is 0. The molecular weight excluding hydrogens is 180 g/mol. The Morgan fingerprint density at radius 1 is 1.17 bits per heavy atom. The minimum absolute atomic E-state index is 0.523. The van der Waals surface area contributed by atoms with Crippen molar-refractivity contribution in [3.05, 3.63) is 10.6 Å². The number of methoxy groups -OCH3 is 3. The van der Waals surface area contributed by atoms with Crippen molar-refractivity contribution in [3.8, 4) is 0 Å². The van der Waals surface area contributed by atoms with Gasteiger partial charge in [0.1, 0.15) is 5.03 Å². The third-order valence-electron chi connectivity index (χ3n) is 1.89. The molecule has 1 aliphatic rings. The molecule has 1 rings (SSSR count). The summed E-state index contributed by atoms with van der Waals surface area (Å²) in [6.07, 6.45) is 2.02. The SMILES string of the molecule is COC(OC)(OC)C(Cl)=C1CC1. The third-order valence-corrected chi connectivity index (χ3v) is 2.38. The normalized spacial score (nSPS) is 16.5. The van der Waals surface area contributed by atoms with Gasteiger partial charge in [0.2, 0.25) is 0 Å². The number of hydrogen-bond donors (Lipinski definition) is 0. The number of allylic oxidation sites excluding steroid dienone is 1. The predicted molar refractivity (Wildman–Crippen MR) is 45.9 cm³/mol. The molecule has 0 atom stereocenters. The molecule has 3 nitrogen and oxygen atoms in total. The monoisotopic (exact) mass is 192 g/mol. The second-order valence-corrected chi connectivity index (χ2v) is 2.96. The first kappa shape index (κ1) is 9.99. The highest BCUT2D eigenvalue weighted by molar-refractivity contribution is 6.31. The summed E-state index contributed by atoms with van der Waals surface area (Å²) in [6.45, 7) is 0. The molecule has 0 aliphatic heterocycles. The van der Waals surface area contributed by atoms with E-state index in [0.29, 0.717) is 5.03 Å². The lowest BCUT2D eigenvalue weighted by Gasteiger charge is -2.27. The molecule has 0 aromatic rings. The van der Waals surface area contributed by atoms with Crippen molar-refractivity contribution in [1.29, 1.82) is 0 Å². The van der Waals surface area contributed by atoms with Gasteiger partial charge in [-0.3, -0.25) is 0 Å². The molecule has 0 aromatic carbocycles. The second kappa shape index (κ2) is 3.75. The van der Waals surface area contributed by atoms with Crippen LogP contribution in [0.2, 0.25) is 0 Å². The van der Waals surface area contributed by atoms with E-state index in [2.05, 4.69) is 0 Å². The molecule has 1 saturated carbocycles. The molecule has 1 fully saturated rings. The summed E-state index contributed by atoms with van der Waals surface area (Å²) in [4.78, 5) is 0. The molecule has 4 heteroatoms. The maximum atomic E-state index is 6.01. The lowest BCUT2D eigenvalue weighted by molar-refractivity contribution is -0.322. The van der Waals surface area contributed by atoms with Crippen LogP contribution in [0.4, 0.5) is 0 Å². The van der Waals surface area contributed by atoms with Crippen molar-refractivity contribution in [2.45, 2.75) is 18.8 Å². The van der Waals surface area contributed by atoms with Gasteiger partial charge in [-0.1, -0.05) is 11.6 Å². The fraction of sp³-hybridized carbons (Fsp3) is 0.750. The van der Waals surface area contributed by atoms with Crippen LogP contribution in [-0.2, 0) is 14.2 Å². The van der Waals surface area contributed by atoms with E-state index in [1.807, 2.05) is 0 Å². The zero-order valence-corrected chi connectivity index (χ0v) is 8.27. The summed E-state index contributed by atoms with van der Waals surface area (Å²) in [5.41, 5.74) is 1.14. The topological polar surface area (TPSA) is 27.7 Å². The highest BCUT2D eigenvalue weighted by atomic mass is 35.5. The Morgan fingerprint density at radius 3 is 1.83 bits per heavy atom. The number of rotatable bonds is 4. The molecule has 0 unspecified atom stereocenters. The second-order valence-electron chi connectivity index (χ2n) is 2.59. The molecule has 0 amide bonds. The molecule has 0 N–H and O–H groups in total. The quantitative estimate of drug-likeness (QED) is 0.637. The van der Waals surface area contributed by atoms with Crippen LogP contribution in [-0.4, -0.2) is 27.3 Å². The van der Waals surface area contributed by atoms with Crippen LogP contribution in [0.25, 0.3) is 0 Å². The number of halogens is 1. The molecule has 0 spiro atoms. The Kier molecular flexibility index (Phi) is 3.12. The van der Waals surface area contributed by atoms with Gasteiger partial charge in [0.05, 0.1) is 0 Å². The lowest BCUT2D eigenvalue weighted by atomic mass is 10.4. The zero-order chi connectivity index (χ0) is 9.19. The number of hydrogen-bond acceptors (Lipinski definition) is 3. The summed E-state index contributed by atoms with van der Waals surface area (Å²) in [7, 11) is 4.49. The van der Waals surface area contributed by atoms with E-state index >= 15 is 0 Å². The molecule has 12 heavy (non-hydrogen) atoms. The van der Waals surface area contributed by atoms with Crippen molar-refractivity contribution in [2.75, 3.05) is 21.3 Å². The number of ether oxygens (including phenoxy) is 3. The molecule has 0 saturated heterocycles. The summed E-state index contributed by atoms with van der Waals surface area (Å²) < 4.78 is 15.2. The summed E-state index contributed by atoms with van der Waals surface area (Å²) in [5, 5.41) is 0.523. The predicted octanol–water partition coefficient (Wildman–Crippen LogP) is 1.87. The molecule has 0 aromatic heterocycles. The van der Waals surface area contributed by atoms with E-state index in [1.165, 1.54) is 21.3 Å². The van der Waals surface area contributed by atoms with Crippen molar-refractivity contribution < 1.29 is 14.2 Å². The standard InChI is InChI=1S/C8H13ClO3/c1-10-8(11-2,12-3)7(9)6-4-5-6/h4-5H2,1-3H3. The average molecular weight is 193 g/mol. The first-order valence-corrected chi connectivity index (χ1v) is 4.11. The van der Waals surface area contributed by atoms with Crippen LogP contribution in [0.3, 0.4) is 0 Å². The van der Waals surface area contributed by atoms with Crippen molar-refractivity contribution in [3.63, 3.8) is 0 Å². The molecule has 1 aliphatic carbocycles. The van der Waals surface area contributed by atoms with Gasteiger partial charge < -0.3 is 14.2 Å². The van der Waals surface area contributed by atoms with Crippen LogP contribution in [0.5, 0.6) is 0 Å². The molecule has 70 valence electrons. The fourth-order valence-corrected chi connectivity index (χ4v) is 1.44. The summed E-state index contributed by atoms with van der Waals surface area (Å²) in [5.74, 6) is -1.19. The fourth-order valence-electron chi connectivity index (χ4n) is 1.02. The van der Waals surface area contributed by atoms with E-state index in [-0.39, 0.29) is 0 Å². The van der Waals surface area contributed by atoms with Crippen LogP contribution < -0.4 is 0 Å². The molecule has 0 radical (unpaired) electrons. The lowest BCUT2D eigenvalue weighted by Crippen LogP contribution is -2.36. The van der Waals surface area contributed by atoms with Crippen LogP contribution in [0.15, 0.2) is 10.6 Å². The van der Waals surface area contributed by atoms with Gasteiger partial charge in [0.25, 0.3) is 0 Å². The highest BCUT2D eigenvalue weighted by Crippen LogP contribution is 2.40. The Labute approximate surface area is 77.2 Å². The Bertz CT molecular complexity index is 182. The van der Waals surface area contributed by atoms with Crippen LogP contribution >= 0.6 is 11.6 Å².